The van der Waals surface area contributed by atoms with Crippen molar-refractivity contribution in [3.8, 4) is 5.75 Å². The van der Waals surface area contributed by atoms with Crippen LogP contribution in [0.15, 0.2) is 33.1 Å². The van der Waals surface area contributed by atoms with Crippen molar-refractivity contribution in [1.82, 2.24) is 15.1 Å². The molecule has 0 bridgehead atoms. The molecule has 0 spiro atoms. The molecule has 130 valence electrons. The van der Waals surface area contributed by atoms with Crippen LogP contribution in [-0.4, -0.2) is 47.9 Å². The number of nitrogens with zero attached hydrogens (tertiary/aromatic N) is 3. The number of hydrogen-bond acceptors (Lipinski definition) is 7. The van der Waals surface area contributed by atoms with E-state index in [4.69, 9.17) is 18.3 Å². The third-order valence-electron chi connectivity index (χ3n) is 4.15. The zero-order valence-corrected chi connectivity index (χ0v) is 13.9. The van der Waals surface area contributed by atoms with Crippen LogP contribution in [0.4, 0.5) is 0 Å². The molecule has 0 saturated carbocycles. The van der Waals surface area contributed by atoms with E-state index >= 15 is 0 Å². The minimum absolute atomic E-state index is 0.239. The van der Waals surface area contributed by atoms with Gasteiger partial charge in [0.1, 0.15) is 6.04 Å². The number of carbonyl (C=O) groups excluding carboxylic acids is 1. The monoisotopic (exact) mass is 343 g/mol. The lowest BCUT2D eigenvalue weighted by Gasteiger charge is -2.32. The van der Waals surface area contributed by atoms with Gasteiger partial charge < -0.3 is 23.2 Å². The first-order valence-electron chi connectivity index (χ1n) is 7.92. The Morgan fingerprint density at radius 3 is 2.96 bits per heavy atom. The summed E-state index contributed by atoms with van der Waals surface area (Å²) in [6.07, 6.45) is 0. The first-order valence-corrected chi connectivity index (χ1v) is 7.92. The number of aryl methyl sites for hydroxylation is 1. The van der Waals surface area contributed by atoms with Crippen LogP contribution in [0.3, 0.4) is 0 Å². The van der Waals surface area contributed by atoms with Gasteiger partial charge in [-0.05, 0) is 12.1 Å². The van der Waals surface area contributed by atoms with Crippen LogP contribution in [-0.2, 0) is 4.74 Å². The molecule has 2 aromatic heterocycles. The molecule has 3 heterocycles. The summed E-state index contributed by atoms with van der Waals surface area (Å²) in [5.41, 5.74) is 0.548. The van der Waals surface area contributed by atoms with Crippen molar-refractivity contribution < 1.29 is 23.1 Å². The van der Waals surface area contributed by atoms with Gasteiger partial charge in [0.25, 0.3) is 5.91 Å². The van der Waals surface area contributed by atoms with E-state index in [9.17, 15) is 4.79 Å². The molecular formula is C17H17N3O5. The van der Waals surface area contributed by atoms with Gasteiger partial charge >= 0.3 is 0 Å². The molecule has 1 saturated heterocycles. The number of fused-ring (bicyclic) bond motifs is 1. The second-order valence-corrected chi connectivity index (χ2v) is 5.74. The van der Waals surface area contributed by atoms with Crippen molar-refractivity contribution in [2.75, 3.05) is 26.9 Å². The molecule has 8 heteroatoms. The van der Waals surface area contributed by atoms with E-state index in [1.165, 1.54) is 0 Å². The number of furan rings is 1. The summed E-state index contributed by atoms with van der Waals surface area (Å²) in [5, 5.41) is 8.67. The van der Waals surface area contributed by atoms with Gasteiger partial charge in [0.2, 0.25) is 11.8 Å². The first-order chi connectivity index (χ1) is 12.2. The number of aromatic nitrogens is 2. The maximum absolute atomic E-state index is 13.0. The van der Waals surface area contributed by atoms with Crippen LogP contribution in [0.1, 0.15) is 28.4 Å². The van der Waals surface area contributed by atoms with E-state index in [-0.39, 0.29) is 11.7 Å². The van der Waals surface area contributed by atoms with Crippen molar-refractivity contribution >= 4 is 16.9 Å². The minimum Gasteiger partial charge on any atom is -0.493 e. The van der Waals surface area contributed by atoms with Gasteiger partial charge in [-0.1, -0.05) is 12.1 Å². The third-order valence-corrected chi connectivity index (χ3v) is 4.15. The largest absolute Gasteiger partial charge is 0.493 e. The molecule has 1 atom stereocenters. The van der Waals surface area contributed by atoms with Crippen molar-refractivity contribution in [1.29, 1.82) is 0 Å². The van der Waals surface area contributed by atoms with E-state index in [2.05, 4.69) is 10.2 Å². The number of benzene rings is 1. The number of rotatable bonds is 3. The summed E-state index contributed by atoms with van der Waals surface area (Å²) in [7, 11) is 1.56. The van der Waals surface area contributed by atoms with Crippen LogP contribution in [0.25, 0.3) is 11.0 Å². The molecule has 25 heavy (non-hydrogen) atoms. The van der Waals surface area contributed by atoms with Crippen LogP contribution in [0.2, 0.25) is 0 Å². The zero-order chi connectivity index (χ0) is 17.4. The van der Waals surface area contributed by atoms with Crippen LogP contribution < -0.4 is 4.74 Å². The molecule has 8 nitrogen and oxygen atoms in total. The fourth-order valence-corrected chi connectivity index (χ4v) is 2.94. The Morgan fingerprint density at radius 1 is 1.32 bits per heavy atom. The summed E-state index contributed by atoms with van der Waals surface area (Å²) in [6, 6.07) is 6.79. The first kappa shape index (κ1) is 15.6. The molecule has 1 aliphatic heterocycles. The minimum atomic E-state index is -0.433. The molecule has 0 radical (unpaired) electrons. The van der Waals surface area contributed by atoms with Gasteiger partial charge in [0.15, 0.2) is 17.1 Å². The molecule has 1 aromatic carbocycles. The predicted octanol–water partition coefficient (Wildman–Crippen LogP) is 2.35. The van der Waals surface area contributed by atoms with Crippen LogP contribution in [0, 0.1) is 6.92 Å². The number of hydrogen-bond donors (Lipinski definition) is 0. The summed E-state index contributed by atoms with van der Waals surface area (Å²) < 4.78 is 22.0. The second-order valence-electron chi connectivity index (χ2n) is 5.74. The summed E-state index contributed by atoms with van der Waals surface area (Å²) in [5.74, 6) is 1.38. The normalized spacial score (nSPS) is 17.8. The predicted molar refractivity (Wildman–Crippen MR) is 86.4 cm³/mol. The molecular weight excluding hydrogens is 326 g/mol. The Bertz CT molecular complexity index is 916. The zero-order valence-electron chi connectivity index (χ0n) is 13.9. The SMILES string of the molecule is COc1cccc2cc(C(=O)N3CCOC[C@@H]3c3nnc(C)o3)oc12. The Labute approximate surface area is 143 Å². The van der Waals surface area contributed by atoms with Crippen LogP contribution >= 0.6 is 0 Å². The van der Waals surface area contributed by atoms with E-state index < -0.39 is 6.04 Å². The Hall–Kier alpha value is -2.87. The van der Waals surface area contributed by atoms with Gasteiger partial charge in [-0.25, -0.2) is 0 Å². The molecule has 0 unspecified atom stereocenters. The maximum atomic E-state index is 13.0. The van der Waals surface area contributed by atoms with Crippen molar-refractivity contribution in [2.45, 2.75) is 13.0 Å². The lowest BCUT2D eigenvalue weighted by molar-refractivity contribution is -0.0120. The van der Waals surface area contributed by atoms with Crippen molar-refractivity contribution in [3.05, 3.63) is 41.8 Å². The molecule has 1 aliphatic rings. The quantitative estimate of drug-likeness (QED) is 0.721. The lowest BCUT2D eigenvalue weighted by atomic mass is 10.2. The molecule has 0 N–H and O–H groups in total. The van der Waals surface area contributed by atoms with E-state index in [1.54, 1.807) is 31.1 Å². The molecule has 1 fully saturated rings. The van der Waals surface area contributed by atoms with Gasteiger partial charge in [0.05, 0.1) is 20.3 Å². The highest BCUT2D eigenvalue weighted by atomic mass is 16.5. The van der Waals surface area contributed by atoms with Crippen molar-refractivity contribution in [3.63, 3.8) is 0 Å². The van der Waals surface area contributed by atoms with E-state index in [0.29, 0.717) is 42.9 Å². The maximum Gasteiger partial charge on any atom is 0.290 e. The number of methoxy groups -OCH3 is 1. The van der Waals surface area contributed by atoms with Gasteiger partial charge in [-0.15, -0.1) is 10.2 Å². The highest BCUT2D eigenvalue weighted by Crippen LogP contribution is 2.31. The Morgan fingerprint density at radius 2 is 2.20 bits per heavy atom. The smallest absolute Gasteiger partial charge is 0.290 e. The molecule has 3 aromatic rings. The third kappa shape index (κ3) is 2.74. The summed E-state index contributed by atoms with van der Waals surface area (Å²) >= 11 is 0. The number of morpholine rings is 1. The highest BCUT2D eigenvalue weighted by molar-refractivity contribution is 5.97. The fraction of sp³-hybridized carbons (Fsp3) is 0.353. The number of carbonyl (C=O) groups is 1. The Kier molecular flexibility index (Phi) is 3.89. The molecule has 4 rings (SSSR count). The lowest BCUT2D eigenvalue weighted by Crippen LogP contribution is -2.43. The average molecular weight is 343 g/mol. The highest BCUT2D eigenvalue weighted by Gasteiger charge is 2.34. The van der Waals surface area contributed by atoms with Crippen molar-refractivity contribution in [2.24, 2.45) is 0 Å². The van der Waals surface area contributed by atoms with E-state index in [0.717, 1.165) is 5.39 Å². The number of para-hydroxylation sites is 1. The van der Waals surface area contributed by atoms with Crippen LogP contribution in [0.5, 0.6) is 5.75 Å². The van der Waals surface area contributed by atoms with Gasteiger partial charge in [-0.3, -0.25) is 4.79 Å². The van der Waals surface area contributed by atoms with Gasteiger partial charge in [0, 0.05) is 18.9 Å². The van der Waals surface area contributed by atoms with Gasteiger partial charge in [-0.2, -0.15) is 0 Å². The second kappa shape index (κ2) is 6.21. The average Bonchev–Trinajstić information content (AvgIpc) is 3.27. The molecule has 1 amide bonds. The summed E-state index contributed by atoms with van der Waals surface area (Å²) in [4.78, 5) is 14.6. The number of ether oxygens (including phenoxy) is 2. The number of amides is 1. The topological polar surface area (TPSA) is 90.8 Å². The summed E-state index contributed by atoms with van der Waals surface area (Å²) in [6.45, 7) is 2.87. The molecule has 0 aliphatic carbocycles. The standard InChI is InChI=1S/C17H17N3O5/c1-10-18-19-16(24-10)12-9-23-7-6-20(12)17(21)14-8-11-4-3-5-13(22-2)15(11)25-14/h3-5,8,12H,6-7,9H2,1-2H3/t12-/m1/s1. The fourth-order valence-electron chi connectivity index (χ4n) is 2.94. The van der Waals surface area contributed by atoms with E-state index in [1.807, 2.05) is 12.1 Å². The Balaban J connectivity index is 1.68.